The zero-order chi connectivity index (χ0) is 14.1. The van der Waals surface area contributed by atoms with Crippen molar-refractivity contribution in [1.82, 2.24) is 0 Å². The van der Waals surface area contributed by atoms with Crippen LogP contribution in [0.4, 0.5) is 8.78 Å². The molecule has 4 heteroatoms. The van der Waals surface area contributed by atoms with Gasteiger partial charge < -0.3 is 10.5 Å². The maximum atomic E-state index is 13.6. The molecule has 0 aliphatic carbocycles. The maximum Gasteiger partial charge on any atom is 0.126 e. The number of fused-ring (bicyclic) bond motifs is 1. The van der Waals surface area contributed by atoms with Gasteiger partial charge in [-0.05, 0) is 47.4 Å². The highest BCUT2D eigenvalue weighted by atomic mass is 19.1. The Labute approximate surface area is 116 Å². The Kier molecular flexibility index (Phi) is 3.40. The number of hydrogen-bond acceptors (Lipinski definition) is 2. The van der Waals surface area contributed by atoms with E-state index in [1.54, 1.807) is 0 Å². The average Bonchev–Trinajstić information content (AvgIpc) is 2.90. The summed E-state index contributed by atoms with van der Waals surface area (Å²) in [5.74, 6) is 0.0141. The maximum absolute atomic E-state index is 13.6. The van der Waals surface area contributed by atoms with Crippen LogP contribution in [0.15, 0.2) is 36.4 Å². The Balaban J connectivity index is 1.82. The molecule has 0 saturated heterocycles. The quantitative estimate of drug-likeness (QED) is 0.934. The van der Waals surface area contributed by atoms with Gasteiger partial charge in [-0.3, -0.25) is 0 Å². The first-order chi connectivity index (χ1) is 9.63. The molecule has 1 unspecified atom stereocenters. The van der Waals surface area contributed by atoms with Crippen LogP contribution in [0.5, 0.6) is 5.75 Å². The molecule has 0 spiro atoms. The average molecular weight is 275 g/mol. The van der Waals surface area contributed by atoms with Crippen molar-refractivity contribution in [3.63, 3.8) is 0 Å². The lowest BCUT2D eigenvalue weighted by molar-refractivity contribution is 0.357. The lowest BCUT2D eigenvalue weighted by Crippen LogP contribution is -2.14. The van der Waals surface area contributed by atoms with Crippen molar-refractivity contribution in [3.8, 4) is 5.75 Å². The normalized spacial score (nSPS) is 14.8. The van der Waals surface area contributed by atoms with Crippen LogP contribution in [0.25, 0.3) is 0 Å². The van der Waals surface area contributed by atoms with Crippen LogP contribution < -0.4 is 10.5 Å². The van der Waals surface area contributed by atoms with Gasteiger partial charge in [0.2, 0.25) is 0 Å². The standard InChI is InChI=1S/C16H15F2NO/c17-13-2-3-14(18)12(8-13)9-15(19)10-1-4-16-11(7-10)5-6-20-16/h1-4,7-8,15H,5-6,9,19H2. The fraction of sp³-hybridized carbons (Fsp3) is 0.250. The third-order valence-corrected chi connectivity index (χ3v) is 3.59. The van der Waals surface area contributed by atoms with Crippen LogP contribution in [0, 0.1) is 11.6 Å². The second-order valence-corrected chi connectivity index (χ2v) is 5.01. The molecule has 1 aliphatic rings. The molecule has 0 saturated carbocycles. The van der Waals surface area contributed by atoms with Crippen molar-refractivity contribution in [2.24, 2.45) is 5.73 Å². The predicted molar refractivity (Wildman–Crippen MR) is 72.6 cm³/mol. The lowest BCUT2D eigenvalue weighted by Gasteiger charge is -2.14. The zero-order valence-corrected chi connectivity index (χ0v) is 10.9. The van der Waals surface area contributed by atoms with E-state index in [1.165, 1.54) is 6.07 Å². The summed E-state index contributed by atoms with van der Waals surface area (Å²) in [5, 5.41) is 0. The molecule has 1 heterocycles. The van der Waals surface area contributed by atoms with Crippen molar-refractivity contribution >= 4 is 0 Å². The van der Waals surface area contributed by atoms with Crippen molar-refractivity contribution in [1.29, 1.82) is 0 Å². The highest BCUT2D eigenvalue weighted by Crippen LogP contribution is 2.28. The van der Waals surface area contributed by atoms with E-state index in [2.05, 4.69) is 0 Å². The van der Waals surface area contributed by atoms with Crippen molar-refractivity contribution in [2.45, 2.75) is 18.9 Å². The van der Waals surface area contributed by atoms with Crippen LogP contribution >= 0.6 is 0 Å². The summed E-state index contributed by atoms with van der Waals surface area (Å²) in [6.07, 6.45) is 1.13. The van der Waals surface area contributed by atoms with Crippen LogP contribution in [0.1, 0.15) is 22.7 Å². The molecule has 0 bridgehead atoms. The summed E-state index contributed by atoms with van der Waals surface area (Å²) in [7, 11) is 0. The van der Waals surface area contributed by atoms with Gasteiger partial charge in [-0.1, -0.05) is 12.1 Å². The van der Waals surface area contributed by atoms with Gasteiger partial charge in [0.05, 0.1) is 6.61 Å². The smallest absolute Gasteiger partial charge is 0.126 e. The molecule has 0 radical (unpaired) electrons. The number of benzene rings is 2. The molecule has 1 aliphatic heterocycles. The molecule has 3 rings (SSSR count). The van der Waals surface area contributed by atoms with Gasteiger partial charge in [0.25, 0.3) is 0 Å². The summed E-state index contributed by atoms with van der Waals surface area (Å²) in [6.45, 7) is 0.687. The molecule has 2 aromatic carbocycles. The molecular weight excluding hydrogens is 260 g/mol. The van der Waals surface area contributed by atoms with Crippen LogP contribution in [0.2, 0.25) is 0 Å². The van der Waals surface area contributed by atoms with E-state index < -0.39 is 11.6 Å². The Morgan fingerprint density at radius 2 is 2.00 bits per heavy atom. The SMILES string of the molecule is NC(Cc1cc(F)ccc1F)c1ccc2c(c1)CCO2. The largest absolute Gasteiger partial charge is 0.493 e. The van der Waals surface area contributed by atoms with E-state index >= 15 is 0 Å². The van der Waals surface area contributed by atoms with Crippen molar-refractivity contribution in [3.05, 3.63) is 64.7 Å². The Bertz CT molecular complexity index is 642. The van der Waals surface area contributed by atoms with E-state index in [0.29, 0.717) is 12.2 Å². The highest BCUT2D eigenvalue weighted by molar-refractivity contribution is 5.41. The van der Waals surface area contributed by atoms with Crippen molar-refractivity contribution < 1.29 is 13.5 Å². The Hall–Kier alpha value is -1.94. The molecule has 0 aromatic heterocycles. The Morgan fingerprint density at radius 1 is 1.15 bits per heavy atom. The number of hydrogen-bond donors (Lipinski definition) is 1. The first kappa shape index (κ1) is 13.1. The van der Waals surface area contributed by atoms with Gasteiger partial charge in [0.1, 0.15) is 17.4 Å². The fourth-order valence-corrected chi connectivity index (χ4v) is 2.49. The highest BCUT2D eigenvalue weighted by Gasteiger charge is 2.16. The third kappa shape index (κ3) is 2.51. The van der Waals surface area contributed by atoms with E-state index in [1.807, 2.05) is 18.2 Å². The van der Waals surface area contributed by atoms with E-state index in [9.17, 15) is 8.78 Å². The minimum Gasteiger partial charge on any atom is -0.493 e. The minimum absolute atomic E-state index is 0.267. The van der Waals surface area contributed by atoms with Gasteiger partial charge >= 0.3 is 0 Å². The molecule has 20 heavy (non-hydrogen) atoms. The van der Waals surface area contributed by atoms with E-state index in [4.69, 9.17) is 10.5 Å². The molecule has 2 aromatic rings. The van der Waals surface area contributed by atoms with Gasteiger partial charge in [-0.25, -0.2) is 8.78 Å². The second kappa shape index (κ2) is 5.21. The first-order valence-electron chi connectivity index (χ1n) is 6.58. The van der Waals surface area contributed by atoms with Gasteiger partial charge in [0, 0.05) is 12.5 Å². The zero-order valence-electron chi connectivity index (χ0n) is 10.9. The minimum atomic E-state index is -0.448. The number of rotatable bonds is 3. The van der Waals surface area contributed by atoms with Gasteiger partial charge in [0.15, 0.2) is 0 Å². The number of halogens is 2. The van der Waals surface area contributed by atoms with E-state index in [0.717, 1.165) is 35.4 Å². The summed E-state index contributed by atoms with van der Waals surface area (Å²) in [5.41, 5.74) is 8.45. The van der Waals surface area contributed by atoms with E-state index in [-0.39, 0.29) is 12.5 Å². The summed E-state index contributed by atoms with van der Waals surface area (Å²) in [4.78, 5) is 0. The van der Waals surface area contributed by atoms with Gasteiger partial charge in [-0.15, -0.1) is 0 Å². The molecule has 0 amide bonds. The second-order valence-electron chi connectivity index (χ2n) is 5.01. The van der Waals surface area contributed by atoms with Crippen molar-refractivity contribution in [2.75, 3.05) is 6.61 Å². The topological polar surface area (TPSA) is 35.2 Å². The van der Waals surface area contributed by atoms with Gasteiger partial charge in [-0.2, -0.15) is 0 Å². The molecule has 2 nitrogen and oxygen atoms in total. The molecule has 0 fully saturated rings. The molecular formula is C16H15F2NO. The molecule has 2 N–H and O–H groups in total. The lowest BCUT2D eigenvalue weighted by atomic mass is 9.97. The predicted octanol–water partition coefficient (Wildman–Crippen LogP) is 3.14. The summed E-state index contributed by atoms with van der Waals surface area (Å²) < 4.78 is 32.2. The third-order valence-electron chi connectivity index (χ3n) is 3.59. The number of ether oxygens (including phenoxy) is 1. The first-order valence-corrected chi connectivity index (χ1v) is 6.58. The molecule has 1 atom stereocenters. The van der Waals surface area contributed by atoms with Crippen LogP contribution in [-0.4, -0.2) is 6.61 Å². The Morgan fingerprint density at radius 3 is 2.85 bits per heavy atom. The summed E-state index contributed by atoms with van der Waals surface area (Å²) >= 11 is 0. The summed E-state index contributed by atoms with van der Waals surface area (Å²) in [6, 6.07) is 8.84. The fourth-order valence-electron chi connectivity index (χ4n) is 2.49. The van der Waals surface area contributed by atoms with Crippen LogP contribution in [0.3, 0.4) is 0 Å². The number of nitrogens with two attached hydrogens (primary N) is 1. The monoisotopic (exact) mass is 275 g/mol. The molecule has 104 valence electrons. The van der Waals surface area contributed by atoms with Crippen LogP contribution in [-0.2, 0) is 12.8 Å².